The summed E-state index contributed by atoms with van der Waals surface area (Å²) in [6.45, 7) is 2.12. The molecule has 0 bridgehead atoms. The maximum absolute atomic E-state index is 6.32. The summed E-state index contributed by atoms with van der Waals surface area (Å²) in [4.78, 5) is 4.61. The van der Waals surface area contributed by atoms with Crippen molar-refractivity contribution in [1.29, 1.82) is 0 Å². The van der Waals surface area contributed by atoms with Crippen molar-refractivity contribution >= 4 is 29.1 Å². The van der Waals surface area contributed by atoms with Crippen molar-refractivity contribution < 1.29 is 9.47 Å². The monoisotopic (exact) mass is 414 g/mol. The maximum atomic E-state index is 6.32. The highest BCUT2D eigenvalue weighted by molar-refractivity contribution is 7.99. The number of hydrogen-bond donors (Lipinski definition) is 1. The molecule has 2 aromatic carbocycles. The van der Waals surface area contributed by atoms with E-state index >= 15 is 0 Å². The van der Waals surface area contributed by atoms with Gasteiger partial charge >= 0.3 is 0 Å². The van der Waals surface area contributed by atoms with Crippen LogP contribution in [0.1, 0.15) is 25.1 Å². The molecule has 144 valence electrons. The van der Waals surface area contributed by atoms with E-state index < -0.39 is 6.23 Å². The molecule has 0 unspecified atom stereocenters. The third-order valence-corrected chi connectivity index (χ3v) is 5.59. The van der Waals surface area contributed by atoms with Gasteiger partial charge in [0, 0.05) is 22.6 Å². The van der Waals surface area contributed by atoms with Gasteiger partial charge in [0.05, 0.1) is 12.1 Å². The molecule has 6 nitrogen and oxygen atoms in total. The first-order valence-electron chi connectivity index (χ1n) is 8.93. The molecular weight excluding hydrogens is 396 g/mol. The maximum Gasteiger partial charge on any atom is 0.247 e. The minimum absolute atomic E-state index is 0.447. The van der Waals surface area contributed by atoms with E-state index in [2.05, 4.69) is 27.4 Å². The Hall–Kier alpha value is -2.51. The Bertz CT molecular complexity index is 1000. The van der Waals surface area contributed by atoms with Crippen LogP contribution in [-0.4, -0.2) is 28.0 Å². The Kier molecular flexibility index (Phi) is 5.54. The van der Waals surface area contributed by atoms with E-state index in [-0.39, 0.29) is 0 Å². The van der Waals surface area contributed by atoms with Crippen LogP contribution >= 0.6 is 23.4 Å². The number of ether oxygens (including phenoxy) is 2. The van der Waals surface area contributed by atoms with Crippen molar-refractivity contribution in [3.63, 3.8) is 0 Å². The van der Waals surface area contributed by atoms with Crippen LogP contribution in [0.2, 0.25) is 5.02 Å². The van der Waals surface area contributed by atoms with Crippen molar-refractivity contribution in [3.8, 4) is 22.9 Å². The van der Waals surface area contributed by atoms with Crippen molar-refractivity contribution in [2.24, 2.45) is 0 Å². The smallest absolute Gasteiger partial charge is 0.247 e. The van der Waals surface area contributed by atoms with Gasteiger partial charge in [-0.15, -0.1) is 10.2 Å². The van der Waals surface area contributed by atoms with Crippen molar-refractivity contribution in [3.05, 3.63) is 53.1 Å². The molecule has 1 aromatic heterocycles. The van der Waals surface area contributed by atoms with Crippen LogP contribution in [0.3, 0.4) is 0 Å². The standard InChI is InChI=1S/C20H19ClN4O2S/c1-3-10-28-20-23-19-17(24-25-20)13-6-4-5-7-15(13)22-18(27-19)12-8-9-16(26-2)14(21)11-12/h4-9,11,18,22H,3,10H2,1-2H3/t18-/m0/s1. The fourth-order valence-corrected chi connectivity index (χ4v) is 3.80. The first-order valence-corrected chi connectivity index (χ1v) is 10.3. The first kappa shape index (κ1) is 18.8. The van der Waals surface area contributed by atoms with Crippen molar-refractivity contribution in [2.45, 2.75) is 24.7 Å². The molecule has 0 saturated carbocycles. The average molecular weight is 415 g/mol. The summed E-state index contributed by atoms with van der Waals surface area (Å²) < 4.78 is 11.5. The fraction of sp³-hybridized carbons (Fsp3) is 0.250. The lowest BCUT2D eigenvalue weighted by atomic mass is 10.1. The highest BCUT2D eigenvalue weighted by Gasteiger charge is 2.26. The highest BCUT2D eigenvalue weighted by Crippen LogP contribution is 2.40. The quantitative estimate of drug-likeness (QED) is 0.575. The minimum atomic E-state index is -0.480. The Morgan fingerprint density at radius 2 is 2.07 bits per heavy atom. The molecule has 0 saturated heterocycles. The number of nitrogens with one attached hydrogen (secondary N) is 1. The lowest BCUT2D eigenvalue weighted by molar-refractivity contribution is 0.225. The van der Waals surface area contributed by atoms with E-state index in [1.54, 1.807) is 18.9 Å². The van der Waals surface area contributed by atoms with Gasteiger partial charge in [-0.25, -0.2) is 0 Å². The van der Waals surface area contributed by atoms with E-state index in [0.717, 1.165) is 29.0 Å². The molecule has 0 radical (unpaired) electrons. The van der Waals surface area contributed by atoms with Gasteiger partial charge in [0.15, 0.2) is 11.9 Å². The number of fused-ring (bicyclic) bond motifs is 3. The summed E-state index contributed by atoms with van der Waals surface area (Å²) in [6.07, 6.45) is 0.551. The minimum Gasteiger partial charge on any atom is -0.495 e. The molecule has 2 heterocycles. The third kappa shape index (κ3) is 3.72. The van der Waals surface area contributed by atoms with Crippen LogP contribution in [-0.2, 0) is 0 Å². The molecule has 0 fully saturated rings. The van der Waals surface area contributed by atoms with Gasteiger partial charge in [-0.3, -0.25) is 0 Å². The number of benzene rings is 2. The molecule has 1 aliphatic heterocycles. The molecule has 1 aliphatic rings. The summed E-state index contributed by atoms with van der Waals surface area (Å²) in [7, 11) is 1.59. The number of anilines is 1. The largest absolute Gasteiger partial charge is 0.495 e. The molecule has 1 N–H and O–H groups in total. The second-order valence-electron chi connectivity index (χ2n) is 6.18. The Labute approximate surface area is 172 Å². The van der Waals surface area contributed by atoms with Gasteiger partial charge in [-0.2, -0.15) is 4.98 Å². The van der Waals surface area contributed by atoms with Crippen LogP contribution in [0.4, 0.5) is 5.69 Å². The number of nitrogens with zero attached hydrogens (tertiary/aromatic N) is 3. The number of halogens is 1. The normalized spacial score (nSPS) is 14.9. The van der Waals surface area contributed by atoms with Crippen LogP contribution in [0.5, 0.6) is 11.6 Å². The predicted octanol–water partition coefficient (Wildman–Crippen LogP) is 5.21. The molecule has 1 atom stereocenters. The number of hydrogen-bond acceptors (Lipinski definition) is 7. The van der Waals surface area contributed by atoms with Crippen LogP contribution in [0.15, 0.2) is 47.6 Å². The lowest BCUT2D eigenvalue weighted by Gasteiger charge is -2.20. The number of methoxy groups -OCH3 is 1. The van der Waals surface area contributed by atoms with E-state index in [1.165, 1.54) is 0 Å². The van der Waals surface area contributed by atoms with Crippen LogP contribution in [0, 0.1) is 0 Å². The van der Waals surface area contributed by atoms with Crippen LogP contribution in [0.25, 0.3) is 11.3 Å². The van der Waals surface area contributed by atoms with Gasteiger partial charge in [0.25, 0.3) is 0 Å². The highest BCUT2D eigenvalue weighted by atomic mass is 35.5. The van der Waals surface area contributed by atoms with Crippen LogP contribution < -0.4 is 14.8 Å². The topological polar surface area (TPSA) is 69.2 Å². The van der Waals surface area contributed by atoms with Gasteiger partial charge in [0.2, 0.25) is 11.0 Å². The zero-order chi connectivity index (χ0) is 19.5. The molecule has 8 heteroatoms. The second-order valence-corrected chi connectivity index (χ2v) is 7.65. The number of thioether (sulfide) groups is 1. The number of para-hydroxylation sites is 1. The predicted molar refractivity (Wildman–Crippen MR) is 111 cm³/mol. The summed E-state index contributed by atoms with van der Waals surface area (Å²) in [5, 5.41) is 13.2. The van der Waals surface area contributed by atoms with Gasteiger partial charge < -0.3 is 14.8 Å². The zero-order valence-corrected chi connectivity index (χ0v) is 17.0. The lowest BCUT2D eigenvalue weighted by Crippen LogP contribution is -2.17. The second kappa shape index (κ2) is 8.24. The van der Waals surface area contributed by atoms with E-state index in [1.807, 2.05) is 42.5 Å². The van der Waals surface area contributed by atoms with E-state index in [0.29, 0.717) is 27.5 Å². The summed E-state index contributed by atoms with van der Waals surface area (Å²) in [5.41, 5.74) is 3.26. The zero-order valence-electron chi connectivity index (χ0n) is 15.5. The van der Waals surface area contributed by atoms with Gasteiger partial charge in [0.1, 0.15) is 5.75 Å². The Balaban J connectivity index is 1.77. The number of rotatable bonds is 5. The molecule has 3 aromatic rings. The Morgan fingerprint density at radius 1 is 1.21 bits per heavy atom. The average Bonchev–Trinajstić information content (AvgIpc) is 2.88. The first-order chi connectivity index (χ1) is 13.7. The van der Waals surface area contributed by atoms with E-state index in [9.17, 15) is 0 Å². The molecular formula is C20H19ClN4O2S. The molecule has 0 amide bonds. The SMILES string of the molecule is CCCSc1nnc2c(n1)O[C@@H](c1ccc(OC)c(Cl)c1)Nc1ccccc1-2. The van der Waals surface area contributed by atoms with Crippen molar-refractivity contribution in [1.82, 2.24) is 15.2 Å². The fourth-order valence-electron chi connectivity index (χ4n) is 2.90. The molecule has 28 heavy (non-hydrogen) atoms. The van der Waals surface area contributed by atoms with E-state index in [4.69, 9.17) is 21.1 Å². The number of aromatic nitrogens is 3. The summed E-state index contributed by atoms with van der Waals surface area (Å²) >= 11 is 7.89. The Morgan fingerprint density at radius 3 is 2.86 bits per heavy atom. The molecule has 0 aliphatic carbocycles. The van der Waals surface area contributed by atoms with Gasteiger partial charge in [-0.1, -0.05) is 48.5 Å². The van der Waals surface area contributed by atoms with Crippen molar-refractivity contribution in [2.75, 3.05) is 18.2 Å². The third-order valence-electron chi connectivity index (χ3n) is 4.25. The molecule has 0 spiro atoms. The summed E-state index contributed by atoms with van der Waals surface area (Å²) in [5.74, 6) is 1.98. The summed E-state index contributed by atoms with van der Waals surface area (Å²) in [6, 6.07) is 13.4. The molecule has 4 rings (SSSR count). The van der Waals surface area contributed by atoms with Gasteiger partial charge in [-0.05, 0) is 30.7 Å².